The number of carbonyl (C=O) groups excluding carboxylic acids is 1. The molecule has 1 aromatic carbocycles. The second-order valence-corrected chi connectivity index (χ2v) is 4.24. The van der Waals surface area contributed by atoms with E-state index < -0.39 is 6.09 Å². The van der Waals surface area contributed by atoms with Gasteiger partial charge in [0.25, 0.3) is 5.56 Å². The largest absolute Gasteiger partial charge is 0.450 e. The van der Waals surface area contributed by atoms with Gasteiger partial charge in [-0.15, -0.1) is 0 Å². The lowest BCUT2D eigenvalue weighted by molar-refractivity contribution is 0.168. The summed E-state index contributed by atoms with van der Waals surface area (Å²) in [6, 6.07) is 11.2. The molecule has 2 aromatic rings. The molecule has 0 saturated carbocycles. The van der Waals surface area contributed by atoms with E-state index in [-0.39, 0.29) is 12.2 Å². The zero-order valence-electron chi connectivity index (χ0n) is 11.3. The fourth-order valence-electron chi connectivity index (χ4n) is 1.83. The Morgan fingerprint density at radius 1 is 1.35 bits per heavy atom. The van der Waals surface area contributed by atoms with Crippen molar-refractivity contribution in [1.82, 2.24) is 9.78 Å². The van der Waals surface area contributed by atoms with Gasteiger partial charge in [-0.3, -0.25) is 19.9 Å². The highest BCUT2D eigenvalue weighted by Crippen LogP contribution is 2.03. The van der Waals surface area contributed by atoms with Gasteiger partial charge in [0.2, 0.25) is 0 Å². The quantitative estimate of drug-likeness (QED) is 0.876. The number of H-pyrrole nitrogens is 1. The van der Waals surface area contributed by atoms with E-state index in [4.69, 9.17) is 4.74 Å². The predicted molar refractivity (Wildman–Crippen MR) is 75.8 cm³/mol. The lowest BCUT2D eigenvalue weighted by atomic mass is 10.1. The van der Waals surface area contributed by atoms with Crippen LogP contribution in [0.2, 0.25) is 0 Å². The van der Waals surface area contributed by atoms with Gasteiger partial charge in [0.15, 0.2) is 0 Å². The van der Waals surface area contributed by atoms with Crippen molar-refractivity contribution in [2.24, 2.45) is 0 Å². The number of nitrogens with one attached hydrogen (secondary N) is 2. The van der Waals surface area contributed by atoms with E-state index in [1.165, 1.54) is 10.7 Å². The normalized spacial score (nSPS) is 10.2. The number of hydrogen-bond donors (Lipinski definition) is 2. The van der Waals surface area contributed by atoms with Gasteiger partial charge in [-0.1, -0.05) is 30.3 Å². The predicted octanol–water partition coefficient (Wildman–Crippen LogP) is 1.99. The van der Waals surface area contributed by atoms with Crippen molar-refractivity contribution in [2.45, 2.75) is 19.9 Å². The van der Waals surface area contributed by atoms with E-state index >= 15 is 0 Å². The van der Waals surface area contributed by atoms with E-state index in [0.29, 0.717) is 12.4 Å². The number of amides is 1. The first-order chi connectivity index (χ1) is 9.69. The molecule has 2 N–H and O–H groups in total. The summed E-state index contributed by atoms with van der Waals surface area (Å²) in [5, 5.41) is 5.30. The lowest BCUT2D eigenvalue weighted by Gasteiger charge is -2.04. The molecule has 1 aromatic heterocycles. The summed E-state index contributed by atoms with van der Waals surface area (Å²) >= 11 is 0. The van der Waals surface area contributed by atoms with E-state index in [2.05, 4.69) is 10.4 Å². The van der Waals surface area contributed by atoms with Crippen LogP contribution in [0.5, 0.6) is 0 Å². The third-order valence-electron chi connectivity index (χ3n) is 2.77. The smallest absolute Gasteiger partial charge is 0.412 e. The minimum Gasteiger partial charge on any atom is -0.450 e. The Labute approximate surface area is 116 Å². The van der Waals surface area contributed by atoms with Gasteiger partial charge in [-0.25, -0.2) is 4.79 Å². The standard InChI is InChI=1S/C14H17N3O3/c1-2-20-14(19)15-12-10-13(18)17(16-12)9-8-11-6-4-3-5-7-11/h3-7,10,16H,2,8-9H2,1H3,(H,15,19). The molecule has 2 rings (SSSR count). The average Bonchev–Trinajstić information content (AvgIpc) is 2.78. The minimum atomic E-state index is -0.580. The van der Waals surface area contributed by atoms with Crippen LogP contribution in [-0.4, -0.2) is 22.5 Å². The van der Waals surface area contributed by atoms with Gasteiger partial charge in [-0.2, -0.15) is 0 Å². The van der Waals surface area contributed by atoms with Crippen molar-refractivity contribution in [3.05, 3.63) is 52.3 Å². The molecule has 20 heavy (non-hydrogen) atoms. The Morgan fingerprint density at radius 2 is 2.10 bits per heavy atom. The van der Waals surface area contributed by atoms with Crippen LogP contribution in [0.3, 0.4) is 0 Å². The first-order valence-electron chi connectivity index (χ1n) is 6.46. The van der Waals surface area contributed by atoms with E-state index in [9.17, 15) is 9.59 Å². The first-order valence-corrected chi connectivity index (χ1v) is 6.46. The van der Waals surface area contributed by atoms with Crippen molar-refractivity contribution in [2.75, 3.05) is 11.9 Å². The maximum Gasteiger partial charge on any atom is 0.412 e. The number of ether oxygens (including phenoxy) is 1. The maximum atomic E-state index is 11.7. The molecule has 0 radical (unpaired) electrons. The summed E-state index contributed by atoms with van der Waals surface area (Å²) < 4.78 is 6.20. The first kappa shape index (κ1) is 13.9. The van der Waals surface area contributed by atoms with Crippen molar-refractivity contribution >= 4 is 11.9 Å². The summed E-state index contributed by atoms with van der Waals surface area (Å²) in [6.45, 7) is 2.52. The van der Waals surface area contributed by atoms with Crippen LogP contribution in [0.25, 0.3) is 0 Å². The number of anilines is 1. The molecular weight excluding hydrogens is 258 g/mol. The molecule has 1 heterocycles. The van der Waals surface area contributed by atoms with Crippen LogP contribution in [0.15, 0.2) is 41.2 Å². The van der Waals surface area contributed by atoms with Crippen LogP contribution in [-0.2, 0) is 17.7 Å². The number of aromatic amines is 1. The summed E-state index contributed by atoms with van der Waals surface area (Å²) in [5.74, 6) is 0.335. The molecule has 0 spiro atoms. The number of nitrogens with zero attached hydrogens (tertiary/aromatic N) is 1. The van der Waals surface area contributed by atoms with Crippen molar-refractivity contribution in [1.29, 1.82) is 0 Å². The Bertz CT molecular complexity index is 616. The van der Waals surface area contributed by atoms with Gasteiger partial charge in [0, 0.05) is 12.6 Å². The summed E-state index contributed by atoms with van der Waals surface area (Å²) in [7, 11) is 0. The molecule has 1 amide bonds. The molecule has 0 bridgehead atoms. The van der Waals surface area contributed by atoms with E-state index in [1.807, 2.05) is 30.3 Å². The zero-order chi connectivity index (χ0) is 14.4. The van der Waals surface area contributed by atoms with Crippen LogP contribution in [0, 0.1) is 0 Å². The topological polar surface area (TPSA) is 76.1 Å². The molecule has 0 aliphatic carbocycles. The molecule has 0 fully saturated rings. The van der Waals surface area contributed by atoms with Crippen molar-refractivity contribution in [3.63, 3.8) is 0 Å². The van der Waals surface area contributed by atoms with Crippen molar-refractivity contribution in [3.8, 4) is 0 Å². The van der Waals surface area contributed by atoms with Crippen LogP contribution >= 0.6 is 0 Å². The number of rotatable bonds is 5. The molecular formula is C14H17N3O3. The zero-order valence-corrected chi connectivity index (χ0v) is 11.3. The fraction of sp³-hybridized carbons (Fsp3) is 0.286. The van der Waals surface area contributed by atoms with Gasteiger partial charge in [-0.05, 0) is 18.9 Å². The van der Waals surface area contributed by atoms with Crippen molar-refractivity contribution < 1.29 is 9.53 Å². The van der Waals surface area contributed by atoms with Gasteiger partial charge < -0.3 is 4.74 Å². The Kier molecular flexibility index (Phi) is 4.60. The monoisotopic (exact) mass is 275 g/mol. The van der Waals surface area contributed by atoms with Crippen LogP contribution in [0.1, 0.15) is 12.5 Å². The fourth-order valence-corrected chi connectivity index (χ4v) is 1.83. The Hall–Kier alpha value is -2.50. The highest BCUT2D eigenvalue weighted by atomic mass is 16.5. The van der Waals surface area contributed by atoms with Crippen LogP contribution < -0.4 is 10.9 Å². The highest BCUT2D eigenvalue weighted by Gasteiger charge is 2.07. The average molecular weight is 275 g/mol. The molecule has 106 valence electrons. The molecule has 6 nitrogen and oxygen atoms in total. The van der Waals surface area contributed by atoms with E-state index in [0.717, 1.165) is 12.0 Å². The third kappa shape index (κ3) is 3.74. The summed E-state index contributed by atoms with van der Waals surface area (Å²) in [6.07, 6.45) is 0.157. The second kappa shape index (κ2) is 6.60. The molecule has 0 unspecified atom stereocenters. The summed E-state index contributed by atoms with van der Waals surface area (Å²) in [5.41, 5.74) is 0.960. The molecule has 0 aliphatic heterocycles. The molecule has 0 atom stereocenters. The van der Waals surface area contributed by atoms with Gasteiger partial charge >= 0.3 is 6.09 Å². The van der Waals surface area contributed by atoms with Gasteiger partial charge in [0.1, 0.15) is 5.82 Å². The molecule has 0 aliphatic rings. The second-order valence-electron chi connectivity index (χ2n) is 4.24. The molecule has 0 saturated heterocycles. The van der Waals surface area contributed by atoms with E-state index in [1.54, 1.807) is 6.92 Å². The Balaban J connectivity index is 1.97. The maximum absolute atomic E-state index is 11.7. The minimum absolute atomic E-state index is 0.187. The SMILES string of the molecule is CCOC(=O)Nc1cc(=O)n(CCc2ccccc2)[nH]1. The number of carbonyl (C=O) groups is 1. The number of hydrogen-bond acceptors (Lipinski definition) is 3. The number of benzene rings is 1. The summed E-state index contributed by atoms with van der Waals surface area (Å²) in [4.78, 5) is 23.0. The third-order valence-corrected chi connectivity index (χ3v) is 2.77. The number of aryl methyl sites for hydroxylation is 2. The van der Waals surface area contributed by atoms with Crippen LogP contribution in [0.4, 0.5) is 10.6 Å². The number of aromatic nitrogens is 2. The highest BCUT2D eigenvalue weighted by molar-refractivity contribution is 5.83. The lowest BCUT2D eigenvalue weighted by Crippen LogP contribution is -2.17. The molecule has 6 heteroatoms. The van der Waals surface area contributed by atoms with Gasteiger partial charge in [0.05, 0.1) is 6.61 Å². The Morgan fingerprint density at radius 3 is 2.80 bits per heavy atom.